The van der Waals surface area contributed by atoms with Crippen molar-refractivity contribution < 1.29 is 5.11 Å². The Morgan fingerprint density at radius 3 is 2.59 bits per heavy atom. The van der Waals surface area contributed by atoms with Gasteiger partial charge in [0.05, 0.1) is 6.61 Å². The minimum Gasteiger partial charge on any atom is -0.392 e. The van der Waals surface area contributed by atoms with Crippen molar-refractivity contribution in [3.8, 4) is 0 Å². The standard InChI is InChI=1S/C14H13BrOS/c1-10-4-2-3-5-13(10)17-14-7-6-12(15)8-11(14)9-16/h2-8,16H,9H2,1H3. The van der Waals surface area contributed by atoms with Crippen LogP contribution >= 0.6 is 27.7 Å². The molecule has 0 unspecified atom stereocenters. The van der Waals surface area contributed by atoms with Crippen molar-refractivity contribution in [2.24, 2.45) is 0 Å². The second kappa shape index (κ2) is 5.71. The van der Waals surface area contributed by atoms with Crippen molar-refractivity contribution in [1.82, 2.24) is 0 Å². The molecule has 0 atom stereocenters. The zero-order chi connectivity index (χ0) is 12.3. The van der Waals surface area contributed by atoms with Crippen molar-refractivity contribution in [3.63, 3.8) is 0 Å². The number of aliphatic hydroxyl groups excluding tert-OH is 1. The predicted octanol–water partition coefficient (Wildman–Crippen LogP) is 4.40. The maximum absolute atomic E-state index is 9.36. The molecule has 0 amide bonds. The fourth-order valence-corrected chi connectivity index (χ4v) is 2.97. The SMILES string of the molecule is Cc1ccccc1Sc1ccc(Br)cc1CO. The molecular formula is C14H13BrOS. The van der Waals surface area contributed by atoms with E-state index in [0.717, 1.165) is 14.9 Å². The van der Waals surface area contributed by atoms with E-state index in [0.29, 0.717) is 0 Å². The highest BCUT2D eigenvalue weighted by atomic mass is 79.9. The van der Waals surface area contributed by atoms with Gasteiger partial charge in [0.2, 0.25) is 0 Å². The van der Waals surface area contributed by atoms with Crippen molar-refractivity contribution >= 4 is 27.7 Å². The molecule has 0 fully saturated rings. The fraction of sp³-hybridized carbons (Fsp3) is 0.143. The topological polar surface area (TPSA) is 20.2 Å². The summed E-state index contributed by atoms with van der Waals surface area (Å²) in [7, 11) is 0. The lowest BCUT2D eigenvalue weighted by Crippen LogP contribution is -1.88. The summed E-state index contributed by atoms with van der Waals surface area (Å²) in [6.07, 6.45) is 0. The van der Waals surface area contributed by atoms with E-state index in [4.69, 9.17) is 0 Å². The Kier molecular flexibility index (Phi) is 4.26. The van der Waals surface area contributed by atoms with Crippen LogP contribution in [-0.2, 0) is 6.61 Å². The van der Waals surface area contributed by atoms with Crippen LogP contribution in [0.3, 0.4) is 0 Å². The molecule has 0 radical (unpaired) electrons. The molecule has 0 aliphatic rings. The number of aliphatic hydroxyl groups is 1. The normalized spacial score (nSPS) is 10.5. The Labute approximate surface area is 114 Å². The van der Waals surface area contributed by atoms with Crippen LogP contribution < -0.4 is 0 Å². The zero-order valence-corrected chi connectivity index (χ0v) is 11.9. The Balaban J connectivity index is 2.33. The molecule has 0 aliphatic carbocycles. The summed E-state index contributed by atoms with van der Waals surface area (Å²) in [6.45, 7) is 2.16. The molecule has 0 heterocycles. The average Bonchev–Trinajstić information content (AvgIpc) is 2.34. The molecule has 88 valence electrons. The van der Waals surface area contributed by atoms with E-state index >= 15 is 0 Å². The van der Waals surface area contributed by atoms with Gasteiger partial charge in [-0.3, -0.25) is 0 Å². The highest BCUT2D eigenvalue weighted by Crippen LogP contribution is 2.33. The summed E-state index contributed by atoms with van der Waals surface area (Å²) in [6, 6.07) is 14.3. The first-order chi connectivity index (χ1) is 8.20. The minimum atomic E-state index is 0.0631. The van der Waals surface area contributed by atoms with Gasteiger partial charge in [-0.2, -0.15) is 0 Å². The maximum atomic E-state index is 9.36. The van der Waals surface area contributed by atoms with Crippen LogP contribution in [0.1, 0.15) is 11.1 Å². The summed E-state index contributed by atoms with van der Waals surface area (Å²) in [4.78, 5) is 2.33. The second-order valence-electron chi connectivity index (χ2n) is 3.78. The molecule has 2 aromatic carbocycles. The third-order valence-electron chi connectivity index (χ3n) is 2.51. The molecule has 0 spiro atoms. The van der Waals surface area contributed by atoms with Gasteiger partial charge >= 0.3 is 0 Å². The van der Waals surface area contributed by atoms with Crippen molar-refractivity contribution in [1.29, 1.82) is 0 Å². The summed E-state index contributed by atoms with van der Waals surface area (Å²) < 4.78 is 0.996. The third-order valence-corrected chi connectivity index (χ3v) is 4.30. The number of aryl methyl sites for hydroxylation is 1. The van der Waals surface area contributed by atoms with Gasteiger partial charge in [0, 0.05) is 14.3 Å². The molecule has 0 saturated heterocycles. The van der Waals surface area contributed by atoms with Gasteiger partial charge in [0.1, 0.15) is 0 Å². The van der Waals surface area contributed by atoms with E-state index < -0.39 is 0 Å². The highest BCUT2D eigenvalue weighted by molar-refractivity contribution is 9.10. The van der Waals surface area contributed by atoms with E-state index in [9.17, 15) is 5.11 Å². The van der Waals surface area contributed by atoms with E-state index in [1.54, 1.807) is 11.8 Å². The van der Waals surface area contributed by atoms with Gasteiger partial charge < -0.3 is 5.11 Å². The fourth-order valence-electron chi connectivity index (χ4n) is 1.56. The number of halogens is 1. The van der Waals surface area contributed by atoms with E-state index in [1.165, 1.54) is 10.5 Å². The summed E-state index contributed by atoms with van der Waals surface area (Å²) >= 11 is 5.11. The Bertz CT molecular complexity index is 525. The average molecular weight is 309 g/mol. The molecule has 3 heteroatoms. The molecule has 0 bridgehead atoms. The summed E-state index contributed by atoms with van der Waals surface area (Å²) in [5.74, 6) is 0. The number of hydrogen-bond donors (Lipinski definition) is 1. The van der Waals surface area contributed by atoms with Crippen LogP contribution in [0.25, 0.3) is 0 Å². The quantitative estimate of drug-likeness (QED) is 0.907. The summed E-state index contributed by atoms with van der Waals surface area (Å²) in [5.41, 5.74) is 2.21. The van der Waals surface area contributed by atoms with Gasteiger partial charge in [0.25, 0.3) is 0 Å². The lowest BCUT2D eigenvalue weighted by atomic mass is 10.2. The van der Waals surface area contributed by atoms with E-state index in [-0.39, 0.29) is 6.61 Å². The Morgan fingerprint density at radius 2 is 1.88 bits per heavy atom. The molecule has 1 N–H and O–H groups in total. The van der Waals surface area contributed by atoms with E-state index in [2.05, 4.69) is 35.0 Å². The van der Waals surface area contributed by atoms with E-state index in [1.807, 2.05) is 30.3 Å². The van der Waals surface area contributed by atoms with Gasteiger partial charge in [0.15, 0.2) is 0 Å². The lowest BCUT2D eigenvalue weighted by molar-refractivity contribution is 0.279. The first-order valence-corrected chi connectivity index (χ1v) is 6.94. The van der Waals surface area contributed by atoms with Crippen molar-refractivity contribution in [2.45, 2.75) is 23.3 Å². The molecule has 2 rings (SSSR count). The maximum Gasteiger partial charge on any atom is 0.0693 e. The van der Waals surface area contributed by atoms with Crippen LogP contribution in [0.2, 0.25) is 0 Å². The van der Waals surface area contributed by atoms with Crippen LogP contribution in [-0.4, -0.2) is 5.11 Å². The molecule has 2 aromatic rings. The number of rotatable bonds is 3. The minimum absolute atomic E-state index is 0.0631. The van der Waals surface area contributed by atoms with Gasteiger partial charge in [-0.05, 0) is 42.3 Å². The first kappa shape index (κ1) is 12.7. The second-order valence-corrected chi connectivity index (χ2v) is 5.78. The highest BCUT2D eigenvalue weighted by Gasteiger charge is 2.06. The van der Waals surface area contributed by atoms with Crippen LogP contribution in [0.5, 0.6) is 0 Å². The third kappa shape index (κ3) is 3.12. The Hall–Kier alpha value is -0.770. The number of hydrogen-bond acceptors (Lipinski definition) is 2. The Morgan fingerprint density at radius 1 is 1.12 bits per heavy atom. The summed E-state index contributed by atoms with van der Waals surface area (Å²) in [5, 5.41) is 9.36. The molecule has 17 heavy (non-hydrogen) atoms. The largest absolute Gasteiger partial charge is 0.392 e. The van der Waals surface area contributed by atoms with Crippen LogP contribution in [0.4, 0.5) is 0 Å². The zero-order valence-electron chi connectivity index (χ0n) is 9.48. The van der Waals surface area contributed by atoms with Crippen molar-refractivity contribution in [3.05, 3.63) is 58.1 Å². The molecule has 0 aliphatic heterocycles. The van der Waals surface area contributed by atoms with Gasteiger partial charge in [-0.15, -0.1) is 0 Å². The molecule has 0 aromatic heterocycles. The van der Waals surface area contributed by atoms with Gasteiger partial charge in [-0.25, -0.2) is 0 Å². The smallest absolute Gasteiger partial charge is 0.0693 e. The molecule has 0 saturated carbocycles. The predicted molar refractivity (Wildman–Crippen MR) is 75.4 cm³/mol. The van der Waals surface area contributed by atoms with Crippen LogP contribution in [0, 0.1) is 6.92 Å². The lowest BCUT2D eigenvalue weighted by Gasteiger charge is -2.09. The molecule has 1 nitrogen and oxygen atoms in total. The number of benzene rings is 2. The van der Waals surface area contributed by atoms with Crippen molar-refractivity contribution in [2.75, 3.05) is 0 Å². The molecular weight excluding hydrogens is 296 g/mol. The van der Waals surface area contributed by atoms with Gasteiger partial charge in [-0.1, -0.05) is 45.9 Å². The first-order valence-electron chi connectivity index (χ1n) is 5.33. The monoisotopic (exact) mass is 308 g/mol. The van der Waals surface area contributed by atoms with Crippen LogP contribution in [0.15, 0.2) is 56.7 Å².